The molecule has 17 heavy (non-hydrogen) atoms. The van der Waals surface area contributed by atoms with Crippen LogP contribution in [0.15, 0.2) is 0 Å². The molecule has 0 aliphatic carbocycles. The lowest BCUT2D eigenvalue weighted by molar-refractivity contribution is -0.174. The number of hydrogen-bond donors (Lipinski definition) is 1. The minimum Gasteiger partial charge on any atom is -0.481 e. The number of halogens is 3. The van der Waals surface area contributed by atoms with E-state index in [0.29, 0.717) is 25.7 Å². The van der Waals surface area contributed by atoms with Crippen LogP contribution in [0.3, 0.4) is 0 Å². The summed E-state index contributed by atoms with van der Waals surface area (Å²) in [4.78, 5) is 11.1. The van der Waals surface area contributed by atoms with Gasteiger partial charge in [0.1, 0.15) is 6.61 Å². The number of ether oxygens (including phenoxy) is 1. The van der Waals surface area contributed by atoms with Crippen LogP contribution in [0.4, 0.5) is 13.2 Å². The van der Waals surface area contributed by atoms with Gasteiger partial charge in [-0.2, -0.15) is 13.2 Å². The molecule has 0 aromatic carbocycles. The first-order valence-corrected chi connectivity index (χ1v) is 5.65. The van der Waals surface area contributed by atoms with Crippen LogP contribution in [0, 0.1) is 5.41 Å². The lowest BCUT2D eigenvalue weighted by Gasteiger charge is -2.26. The fraction of sp³-hybridized carbons (Fsp3) is 0.909. The maximum absolute atomic E-state index is 11.8. The van der Waals surface area contributed by atoms with Crippen LogP contribution in [0.25, 0.3) is 0 Å². The van der Waals surface area contributed by atoms with Gasteiger partial charge in [-0.3, -0.25) is 4.79 Å². The molecule has 0 amide bonds. The fourth-order valence-corrected chi connectivity index (χ4v) is 1.71. The van der Waals surface area contributed by atoms with Gasteiger partial charge >= 0.3 is 12.1 Å². The van der Waals surface area contributed by atoms with Gasteiger partial charge in [-0.25, -0.2) is 0 Å². The van der Waals surface area contributed by atoms with Crippen LogP contribution in [0.1, 0.15) is 39.5 Å². The van der Waals surface area contributed by atoms with Crippen molar-refractivity contribution in [2.75, 3.05) is 13.2 Å². The second-order valence-electron chi connectivity index (χ2n) is 4.06. The van der Waals surface area contributed by atoms with E-state index < -0.39 is 24.2 Å². The second kappa shape index (κ2) is 6.83. The molecule has 0 heterocycles. The van der Waals surface area contributed by atoms with Gasteiger partial charge in [0.05, 0.1) is 5.41 Å². The fourth-order valence-electron chi connectivity index (χ4n) is 1.71. The zero-order valence-electron chi connectivity index (χ0n) is 10.1. The summed E-state index contributed by atoms with van der Waals surface area (Å²) in [6.45, 7) is 2.21. The third-order valence-electron chi connectivity index (χ3n) is 3.02. The molecule has 0 rings (SSSR count). The third kappa shape index (κ3) is 5.91. The van der Waals surface area contributed by atoms with Crippen LogP contribution in [-0.4, -0.2) is 30.5 Å². The molecule has 0 fully saturated rings. The Morgan fingerprint density at radius 3 is 2.12 bits per heavy atom. The molecule has 0 spiro atoms. The number of hydrogen-bond acceptors (Lipinski definition) is 2. The van der Waals surface area contributed by atoms with Crippen molar-refractivity contribution < 1.29 is 27.8 Å². The number of alkyl halides is 3. The van der Waals surface area contributed by atoms with Crippen molar-refractivity contribution in [3.63, 3.8) is 0 Å². The third-order valence-corrected chi connectivity index (χ3v) is 3.02. The van der Waals surface area contributed by atoms with E-state index in [2.05, 4.69) is 4.74 Å². The van der Waals surface area contributed by atoms with Crippen molar-refractivity contribution >= 4 is 5.97 Å². The molecule has 1 N–H and O–H groups in total. The van der Waals surface area contributed by atoms with E-state index >= 15 is 0 Å². The summed E-state index contributed by atoms with van der Waals surface area (Å²) >= 11 is 0. The summed E-state index contributed by atoms with van der Waals surface area (Å²) in [5, 5.41) is 9.09. The molecule has 3 nitrogen and oxygen atoms in total. The Balaban J connectivity index is 3.96. The summed E-state index contributed by atoms with van der Waals surface area (Å²) in [7, 11) is 0. The Labute approximate surface area is 99.0 Å². The second-order valence-corrected chi connectivity index (χ2v) is 4.06. The highest BCUT2D eigenvalue weighted by atomic mass is 19.4. The van der Waals surface area contributed by atoms with Crippen LogP contribution in [-0.2, 0) is 9.53 Å². The predicted molar refractivity (Wildman–Crippen MR) is 56.8 cm³/mol. The Kier molecular flexibility index (Phi) is 6.52. The van der Waals surface area contributed by atoms with E-state index in [-0.39, 0.29) is 6.61 Å². The Bertz CT molecular complexity index is 235. The van der Waals surface area contributed by atoms with Crippen molar-refractivity contribution in [2.24, 2.45) is 5.41 Å². The van der Waals surface area contributed by atoms with Gasteiger partial charge in [0.25, 0.3) is 0 Å². The lowest BCUT2D eigenvalue weighted by atomic mass is 9.78. The maximum atomic E-state index is 11.8. The summed E-state index contributed by atoms with van der Waals surface area (Å²) < 4.78 is 39.7. The topological polar surface area (TPSA) is 46.5 Å². The molecule has 0 aliphatic rings. The summed E-state index contributed by atoms with van der Waals surface area (Å²) in [5.74, 6) is -0.890. The van der Waals surface area contributed by atoms with Crippen LogP contribution in [0.5, 0.6) is 0 Å². The molecule has 6 heteroatoms. The van der Waals surface area contributed by atoms with E-state index in [9.17, 15) is 18.0 Å². The Morgan fingerprint density at radius 2 is 1.76 bits per heavy atom. The van der Waals surface area contributed by atoms with Gasteiger partial charge in [0, 0.05) is 6.61 Å². The number of carbonyl (C=O) groups is 1. The normalized spacial score (nSPS) is 12.8. The summed E-state index contributed by atoms with van der Waals surface area (Å²) in [5.41, 5.74) is -0.832. The van der Waals surface area contributed by atoms with Gasteiger partial charge in [-0.1, -0.05) is 13.8 Å². The van der Waals surface area contributed by atoms with Gasteiger partial charge in [-0.05, 0) is 25.7 Å². The first kappa shape index (κ1) is 16.2. The number of carboxylic acid groups (broad SMARTS) is 1. The molecule has 0 radical (unpaired) electrons. The van der Waals surface area contributed by atoms with Crippen molar-refractivity contribution in [1.82, 2.24) is 0 Å². The average molecular weight is 256 g/mol. The molecule has 0 bridgehead atoms. The van der Waals surface area contributed by atoms with Gasteiger partial charge in [0.2, 0.25) is 0 Å². The average Bonchev–Trinajstić information content (AvgIpc) is 2.22. The minimum atomic E-state index is -4.32. The first-order valence-electron chi connectivity index (χ1n) is 5.65. The maximum Gasteiger partial charge on any atom is 0.411 e. The van der Waals surface area contributed by atoms with Crippen molar-refractivity contribution in [2.45, 2.75) is 45.7 Å². The molecule has 0 unspecified atom stereocenters. The van der Waals surface area contributed by atoms with Crippen molar-refractivity contribution in [1.29, 1.82) is 0 Å². The van der Waals surface area contributed by atoms with E-state index in [1.165, 1.54) is 0 Å². The number of carboxylic acids is 1. The van der Waals surface area contributed by atoms with E-state index in [1.54, 1.807) is 13.8 Å². The van der Waals surface area contributed by atoms with Crippen molar-refractivity contribution in [3.05, 3.63) is 0 Å². The van der Waals surface area contributed by atoms with E-state index in [0.717, 1.165) is 0 Å². The molecule has 0 aliphatic heterocycles. The molecule has 0 aromatic heterocycles. The van der Waals surface area contributed by atoms with Gasteiger partial charge < -0.3 is 9.84 Å². The molecular formula is C11H19F3O3. The van der Waals surface area contributed by atoms with Crippen molar-refractivity contribution in [3.8, 4) is 0 Å². The monoisotopic (exact) mass is 256 g/mol. The quantitative estimate of drug-likeness (QED) is 0.678. The minimum absolute atomic E-state index is 0.0610. The smallest absolute Gasteiger partial charge is 0.411 e. The first-order chi connectivity index (χ1) is 7.77. The van der Waals surface area contributed by atoms with E-state index in [1.807, 2.05) is 0 Å². The Hall–Kier alpha value is -0.780. The number of rotatable bonds is 8. The largest absolute Gasteiger partial charge is 0.481 e. The van der Waals surface area contributed by atoms with Crippen LogP contribution >= 0.6 is 0 Å². The molecule has 0 aromatic rings. The highest BCUT2D eigenvalue weighted by molar-refractivity contribution is 5.74. The standard InChI is InChI=1S/C11H19F3O3/c1-3-10(4-2,9(15)16)6-5-7-17-8-11(12,13)14/h3-8H2,1-2H3,(H,15,16). The molecule has 0 atom stereocenters. The molecular weight excluding hydrogens is 237 g/mol. The highest BCUT2D eigenvalue weighted by Crippen LogP contribution is 2.32. The summed E-state index contributed by atoms with van der Waals surface area (Å²) in [6, 6.07) is 0. The summed E-state index contributed by atoms with van der Waals surface area (Å²) in [6.07, 6.45) is -2.72. The highest BCUT2D eigenvalue weighted by Gasteiger charge is 2.34. The molecule has 0 saturated heterocycles. The zero-order valence-corrected chi connectivity index (χ0v) is 10.1. The Morgan fingerprint density at radius 1 is 1.24 bits per heavy atom. The van der Waals surface area contributed by atoms with Gasteiger partial charge in [-0.15, -0.1) is 0 Å². The molecule has 0 saturated carbocycles. The van der Waals surface area contributed by atoms with E-state index in [4.69, 9.17) is 5.11 Å². The van der Waals surface area contributed by atoms with Crippen LogP contribution < -0.4 is 0 Å². The SMILES string of the molecule is CCC(CC)(CCCOCC(F)(F)F)C(=O)O. The lowest BCUT2D eigenvalue weighted by Crippen LogP contribution is -2.30. The zero-order chi connectivity index (χ0) is 13.5. The van der Waals surface area contributed by atoms with Crippen LogP contribution in [0.2, 0.25) is 0 Å². The number of aliphatic carboxylic acids is 1. The van der Waals surface area contributed by atoms with Gasteiger partial charge in [0.15, 0.2) is 0 Å². The predicted octanol–water partition coefficient (Wildman–Crippen LogP) is 3.24. The molecule has 102 valence electrons.